The summed E-state index contributed by atoms with van der Waals surface area (Å²) in [7, 11) is 0. The molecule has 1 aliphatic heterocycles. The van der Waals surface area contributed by atoms with Crippen molar-refractivity contribution in [3.05, 3.63) is 41.8 Å². The van der Waals surface area contributed by atoms with E-state index in [1.165, 1.54) is 12.0 Å². The third-order valence-electron chi connectivity index (χ3n) is 4.34. The molecule has 3 rings (SSSR count). The van der Waals surface area contributed by atoms with Crippen LogP contribution in [0, 0.1) is 12.8 Å². The Kier molecular flexibility index (Phi) is 4.08. The van der Waals surface area contributed by atoms with Crippen LogP contribution in [-0.2, 0) is 6.54 Å². The zero-order valence-electron chi connectivity index (χ0n) is 12.7. The lowest BCUT2D eigenvalue weighted by Crippen LogP contribution is -2.27. The van der Waals surface area contributed by atoms with Crippen LogP contribution in [0.4, 0.5) is 0 Å². The quantitative estimate of drug-likeness (QED) is 0.938. The van der Waals surface area contributed by atoms with Gasteiger partial charge in [0.1, 0.15) is 6.26 Å². The molecule has 0 amide bonds. The molecular formula is C17H23N3O. The summed E-state index contributed by atoms with van der Waals surface area (Å²) in [5.74, 6) is 1.32. The normalized spacial score (nSPS) is 22.8. The number of nitrogens with zero attached hydrogens (tertiary/aromatic N) is 2. The highest BCUT2D eigenvalue weighted by Gasteiger charge is 2.28. The molecule has 0 bridgehead atoms. The molecule has 0 spiro atoms. The van der Waals surface area contributed by atoms with E-state index in [-0.39, 0.29) is 0 Å². The lowest BCUT2D eigenvalue weighted by molar-refractivity contribution is 0.252. The van der Waals surface area contributed by atoms with Crippen LogP contribution in [0.3, 0.4) is 0 Å². The van der Waals surface area contributed by atoms with Gasteiger partial charge in [0.15, 0.2) is 0 Å². The fourth-order valence-corrected chi connectivity index (χ4v) is 3.03. The Morgan fingerprint density at radius 1 is 1.33 bits per heavy atom. The Bertz CT molecular complexity index is 590. The van der Waals surface area contributed by atoms with E-state index in [0.29, 0.717) is 17.9 Å². The number of hydrogen-bond acceptors (Lipinski definition) is 4. The van der Waals surface area contributed by atoms with Crippen LogP contribution in [0.25, 0.3) is 11.5 Å². The summed E-state index contributed by atoms with van der Waals surface area (Å²) in [4.78, 5) is 7.06. The minimum absolute atomic E-state index is 0.568. The number of benzene rings is 1. The van der Waals surface area contributed by atoms with E-state index in [1.807, 2.05) is 12.1 Å². The molecule has 1 fully saturated rings. The van der Waals surface area contributed by atoms with Gasteiger partial charge in [0.25, 0.3) is 0 Å². The van der Waals surface area contributed by atoms with Crippen molar-refractivity contribution in [1.82, 2.24) is 9.88 Å². The predicted octanol–water partition coefficient (Wildman–Crippen LogP) is 2.82. The minimum atomic E-state index is 0.568. The predicted molar refractivity (Wildman–Crippen MR) is 83.7 cm³/mol. The molecule has 0 aliphatic carbocycles. The molecular weight excluding hydrogens is 262 g/mol. The second-order valence-electron chi connectivity index (χ2n) is 6.13. The zero-order chi connectivity index (χ0) is 14.8. The third-order valence-corrected chi connectivity index (χ3v) is 4.34. The van der Waals surface area contributed by atoms with Crippen LogP contribution in [-0.4, -0.2) is 29.0 Å². The first-order valence-corrected chi connectivity index (χ1v) is 7.61. The fraction of sp³-hybridized carbons (Fsp3) is 0.471. The monoisotopic (exact) mass is 285 g/mol. The molecule has 21 heavy (non-hydrogen) atoms. The number of likely N-dealkylation sites (tertiary alicyclic amines) is 1. The largest absolute Gasteiger partial charge is 0.444 e. The van der Waals surface area contributed by atoms with Crippen molar-refractivity contribution < 1.29 is 4.42 Å². The van der Waals surface area contributed by atoms with Crippen molar-refractivity contribution in [2.45, 2.75) is 32.9 Å². The summed E-state index contributed by atoms with van der Waals surface area (Å²) in [6.45, 7) is 7.01. The molecule has 2 aromatic rings. The van der Waals surface area contributed by atoms with E-state index < -0.39 is 0 Å². The molecule has 2 heterocycles. The van der Waals surface area contributed by atoms with E-state index in [2.05, 4.69) is 35.9 Å². The van der Waals surface area contributed by atoms with Gasteiger partial charge in [-0.05, 0) is 44.9 Å². The van der Waals surface area contributed by atoms with Crippen LogP contribution >= 0.6 is 0 Å². The molecule has 112 valence electrons. The van der Waals surface area contributed by atoms with E-state index >= 15 is 0 Å². The summed E-state index contributed by atoms with van der Waals surface area (Å²) in [5.41, 5.74) is 9.05. The molecule has 1 aliphatic rings. The van der Waals surface area contributed by atoms with Gasteiger partial charge in [-0.2, -0.15) is 0 Å². The summed E-state index contributed by atoms with van der Waals surface area (Å²) in [6, 6.07) is 8.82. The van der Waals surface area contributed by atoms with E-state index in [0.717, 1.165) is 30.9 Å². The lowest BCUT2D eigenvalue weighted by Gasteiger charge is -2.19. The number of hydrogen-bond donors (Lipinski definition) is 1. The van der Waals surface area contributed by atoms with Gasteiger partial charge in [0.2, 0.25) is 5.89 Å². The summed E-state index contributed by atoms with van der Waals surface area (Å²) >= 11 is 0. The highest BCUT2D eigenvalue weighted by atomic mass is 16.3. The molecule has 1 aromatic carbocycles. The first kappa shape index (κ1) is 14.3. The average molecular weight is 285 g/mol. The highest BCUT2D eigenvalue weighted by molar-refractivity contribution is 5.53. The molecule has 2 atom stereocenters. The number of aryl methyl sites for hydroxylation is 1. The summed E-state index contributed by atoms with van der Waals surface area (Å²) in [5, 5.41) is 0. The van der Waals surface area contributed by atoms with Crippen molar-refractivity contribution in [3.63, 3.8) is 0 Å². The molecule has 1 aromatic heterocycles. The Hall–Kier alpha value is -1.65. The minimum Gasteiger partial charge on any atom is -0.444 e. The van der Waals surface area contributed by atoms with E-state index in [4.69, 9.17) is 10.2 Å². The Balaban J connectivity index is 1.69. The van der Waals surface area contributed by atoms with Gasteiger partial charge in [-0.15, -0.1) is 0 Å². The van der Waals surface area contributed by atoms with Gasteiger partial charge in [0.05, 0.1) is 5.69 Å². The van der Waals surface area contributed by atoms with E-state index in [1.54, 1.807) is 6.26 Å². The first-order valence-electron chi connectivity index (χ1n) is 7.61. The third kappa shape index (κ3) is 3.17. The number of aromatic nitrogens is 1. The smallest absolute Gasteiger partial charge is 0.226 e. The summed E-state index contributed by atoms with van der Waals surface area (Å²) < 4.78 is 5.63. The van der Waals surface area contributed by atoms with Gasteiger partial charge in [-0.1, -0.05) is 17.7 Å². The van der Waals surface area contributed by atoms with Gasteiger partial charge in [0, 0.05) is 24.7 Å². The van der Waals surface area contributed by atoms with Crippen LogP contribution in [0.5, 0.6) is 0 Å². The SMILES string of the molecule is Cc1ccc(-c2nc(CN3CC(CN)CC3C)co2)cc1. The van der Waals surface area contributed by atoms with Crippen molar-refractivity contribution in [1.29, 1.82) is 0 Å². The maximum Gasteiger partial charge on any atom is 0.226 e. The van der Waals surface area contributed by atoms with Crippen LogP contribution in [0.1, 0.15) is 24.6 Å². The van der Waals surface area contributed by atoms with Crippen LogP contribution in [0.15, 0.2) is 34.9 Å². The zero-order valence-corrected chi connectivity index (χ0v) is 12.7. The molecule has 0 radical (unpaired) electrons. The molecule has 4 heteroatoms. The summed E-state index contributed by atoms with van der Waals surface area (Å²) in [6.07, 6.45) is 2.96. The van der Waals surface area contributed by atoms with Gasteiger partial charge in [-0.3, -0.25) is 4.90 Å². The number of nitrogens with two attached hydrogens (primary N) is 1. The average Bonchev–Trinajstić information content (AvgIpc) is 3.08. The van der Waals surface area contributed by atoms with Gasteiger partial charge in [-0.25, -0.2) is 4.98 Å². The molecule has 1 saturated heterocycles. The van der Waals surface area contributed by atoms with Crippen molar-refractivity contribution in [2.24, 2.45) is 11.7 Å². The maximum absolute atomic E-state index is 5.78. The Morgan fingerprint density at radius 2 is 2.10 bits per heavy atom. The lowest BCUT2D eigenvalue weighted by atomic mass is 10.1. The van der Waals surface area contributed by atoms with Crippen molar-refractivity contribution in [3.8, 4) is 11.5 Å². The van der Waals surface area contributed by atoms with Gasteiger partial charge >= 0.3 is 0 Å². The topological polar surface area (TPSA) is 55.3 Å². The standard InChI is InChI=1S/C17H23N3O/c1-12-3-5-15(6-4-12)17-19-16(11-21-17)10-20-9-14(8-18)7-13(20)2/h3-6,11,13-14H,7-10,18H2,1-2H3. The van der Waals surface area contributed by atoms with Crippen LogP contribution in [0.2, 0.25) is 0 Å². The van der Waals surface area contributed by atoms with Crippen LogP contribution < -0.4 is 5.73 Å². The molecule has 2 N–H and O–H groups in total. The number of rotatable bonds is 4. The van der Waals surface area contributed by atoms with E-state index in [9.17, 15) is 0 Å². The Morgan fingerprint density at radius 3 is 2.76 bits per heavy atom. The van der Waals surface area contributed by atoms with Crippen molar-refractivity contribution >= 4 is 0 Å². The van der Waals surface area contributed by atoms with Crippen molar-refractivity contribution in [2.75, 3.05) is 13.1 Å². The fourth-order valence-electron chi connectivity index (χ4n) is 3.03. The maximum atomic E-state index is 5.78. The Labute approximate surface area is 126 Å². The second kappa shape index (κ2) is 6.00. The molecule has 0 saturated carbocycles. The second-order valence-corrected chi connectivity index (χ2v) is 6.13. The number of oxazole rings is 1. The highest BCUT2D eigenvalue weighted by Crippen LogP contribution is 2.25. The molecule has 2 unspecified atom stereocenters. The molecule has 4 nitrogen and oxygen atoms in total. The van der Waals surface area contributed by atoms with Gasteiger partial charge < -0.3 is 10.2 Å². The first-order chi connectivity index (χ1) is 10.2.